The van der Waals surface area contributed by atoms with Crippen molar-refractivity contribution in [2.75, 3.05) is 45.7 Å². The third-order valence-electron chi connectivity index (χ3n) is 11.9. The first-order valence-electron chi connectivity index (χ1n) is 19.8. The van der Waals surface area contributed by atoms with Crippen molar-refractivity contribution in [1.82, 2.24) is 9.91 Å². The molecule has 16 heteroatoms. The summed E-state index contributed by atoms with van der Waals surface area (Å²) in [4.78, 5) is 42.6. The van der Waals surface area contributed by atoms with Gasteiger partial charge in [-0.3, -0.25) is 19.4 Å². The lowest BCUT2D eigenvalue weighted by Gasteiger charge is -2.38. The number of carbonyl (C=O) groups excluding carboxylic acids is 3. The summed E-state index contributed by atoms with van der Waals surface area (Å²) in [7, 11) is 3.42. The van der Waals surface area contributed by atoms with Crippen LogP contribution in [-0.4, -0.2) is 130 Å². The molecular weight excluding hydrogens is 764 g/mol. The fraction of sp³-hybridized carbons (Fsp3) is 0.535. The minimum atomic E-state index is -2.04. The minimum absolute atomic E-state index is 0.0559. The van der Waals surface area contributed by atoms with Crippen LogP contribution in [0.1, 0.15) is 70.0 Å². The van der Waals surface area contributed by atoms with E-state index in [9.17, 15) is 39.9 Å². The maximum absolute atomic E-state index is 14.4. The van der Waals surface area contributed by atoms with Gasteiger partial charge in [-0.2, -0.15) is 5.10 Å². The Morgan fingerprint density at radius 3 is 2.24 bits per heavy atom. The number of rotatable bonds is 4. The summed E-state index contributed by atoms with van der Waals surface area (Å²) in [5, 5.41) is 66.8. The SMILES string of the molecule is CO[C@H]1C=CO[C@@]2(C)Oc3c(C)c(O)c4c(O)c(c(C=NN5CCN(C)CC5)c(O)c4c3C2=O)NC(=O)/C(C)=C\C=C/[C@H](C)[C@H](O)[C@@H](C)[C@@H](O)[C@@H](C)[C@H](OC(C)=O)[C@@H]1C. The van der Waals surface area contributed by atoms with E-state index in [2.05, 4.69) is 15.3 Å². The van der Waals surface area contributed by atoms with Crippen molar-refractivity contribution in [3.8, 4) is 23.0 Å². The van der Waals surface area contributed by atoms with Crippen LogP contribution >= 0.6 is 0 Å². The van der Waals surface area contributed by atoms with Gasteiger partial charge in [0.05, 0.1) is 53.0 Å². The summed E-state index contributed by atoms with van der Waals surface area (Å²) in [6.45, 7) is 15.1. The predicted octanol–water partition coefficient (Wildman–Crippen LogP) is 4.34. The number of piperazine rings is 1. The number of amides is 1. The molecule has 0 radical (unpaired) electrons. The van der Waals surface area contributed by atoms with E-state index in [0.717, 1.165) is 13.1 Å². The van der Waals surface area contributed by atoms with Crippen molar-refractivity contribution in [3.05, 3.63) is 52.8 Å². The van der Waals surface area contributed by atoms with E-state index in [1.54, 1.807) is 44.9 Å². The number of aliphatic hydroxyl groups excluding tert-OH is 2. The quantitative estimate of drug-likeness (QED) is 0.109. The Morgan fingerprint density at radius 1 is 0.949 bits per heavy atom. The number of hydrogen-bond acceptors (Lipinski definition) is 15. The van der Waals surface area contributed by atoms with Gasteiger partial charge in [-0.15, -0.1) is 0 Å². The maximum atomic E-state index is 14.4. The standard InChI is InChI=1S/C43H58N4O12/c1-21-12-11-13-22(2)42(55)45-33-28(20-44-47-17-15-46(9)16-18-47)37(52)30-31(38(33)53)36(51)26(6)40-32(30)41(54)43(8,59-40)57-19-14-29(56-10)23(3)39(58-27(7)48)25(5)35(50)24(4)34(21)49/h11-14,19-21,23-25,29,34-35,39,49-53H,15-18H2,1-10H3,(H,45,55)/b12-11-,19-14?,22-13-,44-20?/t21-,23+,24+,25+,29-,34-,35+,39+,43-/m0/s1. The predicted molar refractivity (Wildman–Crippen MR) is 220 cm³/mol. The third-order valence-corrected chi connectivity index (χ3v) is 11.9. The number of likely N-dealkylation sites (N-methyl/N-ethyl adjacent to an activating group) is 1. The lowest BCUT2D eigenvalue weighted by Crippen LogP contribution is -2.46. The number of carbonyl (C=O) groups is 3. The highest BCUT2D eigenvalue weighted by Crippen LogP contribution is 2.55. The third kappa shape index (κ3) is 8.91. The fourth-order valence-electron chi connectivity index (χ4n) is 7.92. The highest BCUT2D eigenvalue weighted by atomic mass is 16.7. The molecular formula is C43H58N4O12. The first-order valence-corrected chi connectivity index (χ1v) is 19.8. The maximum Gasteiger partial charge on any atom is 0.312 e. The van der Waals surface area contributed by atoms with Gasteiger partial charge in [0.2, 0.25) is 0 Å². The molecule has 4 heterocycles. The largest absolute Gasteiger partial charge is 0.507 e. The number of phenolic OH excluding ortho intramolecular Hbond substituents is 3. The summed E-state index contributed by atoms with van der Waals surface area (Å²) in [6.07, 6.45) is 4.86. The van der Waals surface area contributed by atoms with E-state index in [1.165, 1.54) is 59.4 Å². The van der Waals surface area contributed by atoms with Crippen LogP contribution in [0.2, 0.25) is 0 Å². The average Bonchev–Trinajstić information content (AvgIpc) is 3.46. The number of aromatic hydroxyl groups is 3. The Bertz CT molecular complexity index is 2070. The van der Waals surface area contributed by atoms with Crippen LogP contribution < -0.4 is 10.1 Å². The first-order chi connectivity index (χ1) is 27.7. The van der Waals surface area contributed by atoms with Crippen LogP contribution in [-0.2, 0) is 23.8 Å². The summed E-state index contributed by atoms with van der Waals surface area (Å²) in [6, 6.07) is 0. The molecule has 0 aliphatic carbocycles. The molecule has 4 aliphatic heterocycles. The lowest BCUT2D eigenvalue weighted by atomic mass is 9.78. The molecule has 1 amide bonds. The summed E-state index contributed by atoms with van der Waals surface area (Å²) < 4.78 is 23.6. The van der Waals surface area contributed by atoms with Gasteiger partial charge in [-0.05, 0) is 27.0 Å². The van der Waals surface area contributed by atoms with Gasteiger partial charge in [-0.1, -0.05) is 45.9 Å². The van der Waals surface area contributed by atoms with Gasteiger partial charge in [0.25, 0.3) is 11.7 Å². The second kappa shape index (κ2) is 18.0. The number of hydrogen-bond donors (Lipinski definition) is 6. The Balaban J connectivity index is 1.70. The highest BCUT2D eigenvalue weighted by molar-refractivity contribution is 6.23. The number of esters is 1. The van der Waals surface area contributed by atoms with Crippen molar-refractivity contribution in [1.29, 1.82) is 0 Å². The minimum Gasteiger partial charge on any atom is -0.507 e. The van der Waals surface area contributed by atoms with Crippen LogP contribution in [0.25, 0.3) is 10.8 Å². The van der Waals surface area contributed by atoms with Crippen LogP contribution in [0, 0.1) is 30.6 Å². The molecule has 1 fully saturated rings. The van der Waals surface area contributed by atoms with Crippen LogP contribution in [0.4, 0.5) is 5.69 Å². The number of hydrazone groups is 1. The number of nitrogens with one attached hydrogen (secondary N) is 1. The zero-order valence-corrected chi connectivity index (χ0v) is 35.3. The Labute approximate surface area is 344 Å². The number of methoxy groups -OCH3 is 1. The van der Waals surface area contributed by atoms with Crippen molar-refractivity contribution < 1.29 is 58.9 Å². The molecule has 6 N–H and O–H groups in total. The number of ether oxygens (including phenoxy) is 4. The highest BCUT2D eigenvalue weighted by Gasteiger charge is 2.50. The molecule has 2 aromatic carbocycles. The molecule has 5 bridgehead atoms. The van der Waals surface area contributed by atoms with Gasteiger partial charge < -0.3 is 54.7 Å². The van der Waals surface area contributed by atoms with Crippen LogP contribution in [0.3, 0.4) is 0 Å². The Kier molecular flexibility index (Phi) is 13.7. The van der Waals surface area contributed by atoms with Crippen molar-refractivity contribution in [3.63, 3.8) is 0 Å². The van der Waals surface area contributed by atoms with Crippen LogP contribution in [0.15, 0.2) is 41.2 Å². The molecule has 0 unspecified atom stereocenters. The van der Waals surface area contributed by atoms with E-state index in [1.807, 2.05) is 7.05 Å². The Morgan fingerprint density at radius 2 is 1.61 bits per heavy atom. The molecule has 0 spiro atoms. The van der Waals surface area contributed by atoms with Crippen molar-refractivity contribution in [2.24, 2.45) is 28.8 Å². The Hall–Kier alpha value is -5.16. The topological polar surface area (TPSA) is 220 Å². The second-order valence-corrected chi connectivity index (χ2v) is 16.1. The molecule has 0 aromatic heterocycles. The normalized spacial score (nSPS) is 31.5. The second-order valence-electron chi connectivity index (χ2n) is 16.1. The number of anilines is 1. The smallest absolute Gasteiger partial charge is 0.312 e. The van der Waals surface area contributed by atoms with E-state index in [4.69, 9.17) is 18.9 Å². The molecule has 4 aliphatic rings. The number of phenols is 3. The van der Waals surface area contributed by atoms with Crippen LogP contribution in [0.5, 0.6) is 23.0 Å². The monoisotopic (exact) mass is 822 g/mol. The first kappa shape index (κ1) is 44.9. The summed E-state index contributed by atoms with van der Waals surface area (Å²) in [5.74, 6) is -8.34. The number of allylic oxidation sites excluding steroid dienone is 2. The van der Waals surface area contributed by atoms with Crippen molar-refractivity contribution in [2.45, 2.75) is 85.6 Å². The lowest BCUT2D eigenvalue weighted by molar-refractivity contribution is -0.160. The van der Waals surface area contributed by atoms with Crippen molar-refractivity contribution >= 4 is 40.3 Å². The van der Waals surface area contributed by atoms with Gasteiger partial charge in [-0.25, -0.2) is 0 Å². The van der Waals surface area contributed by atoms with Gasteiger partial charge in [0, 0.05) is 87.3 Å². The molecule has 16 nitrogen and oxygen atoms in total. The summed E-state index contributed by atoms with van der Waals surface area (Å²) >= 11 is 0. The van der Waals surface area contributed by atoms with E-state index in [-0.39, 0.29) is 44.5 Å². The van der Waals surface area contributed by atoms with E-state index >= 15 is 0 Å². The van der Waals surface area contributed by atoms with Gasteiger partial charge >= 0.3 is 11.8 Å². The fourth-order valence-corrected chi connectivity index (χ4v) is 7.92. The molecule has 9 atom stereocenters. The summed E-state index contributed by atoms with van der Waals surface area (Å²) in [5.41, 5.74) is -0.350. The van der Waals surface area contributed by atoms with E-state index in [0.29, 0.717) is 13.1 Å². The van der Waals surface area contributed by atoms with Gasteiger partial charge in [0.15, 0.2) is 5.75 Å². The number of benzene rings is 2. The number of aliphatic hydroxyl groups is 2. The molecule has 6 rings (SSSR count). The van der Waals surface area contributed by atoms with Gasteiger partial charge in [0.1, 0.15) is 23.4 Å². The average molecular weight is 823 g/mol. The molecule has 2 aromatic rings. The molecule has 322 valence electrons. The number of Topliss-reactive ketones (excluding diaryl/α,β-unsaturated/α-hetero) is 1. The number of nitrogens with zero attached hydrogens (tertiary/aromatic N) is 3. The molecule has 59 heavy (non-hydrogen) atoms. The molecule has 0 saturated carbocycles. The number of ketones is 1. The zero-order chi connectivity index (χ0) is 43.7. The van der Waals surface area contributed by atoms with E-state index < -0.39 is 88.8 Å². The zero-order valence-electron chi connectivity index (χ0n) is 35.3. The molecule has 1 saturated heterocycles. The number of fused-ring (bicyclic) bond motifs is 14.